The molecule has 6 aromatic carbocycles. The number of carbonyl (C=O) groups excluding carboxylic acids is 1. The van der Waals surface area contributed by atoms with Gasteiger partial charge >= 0.3 is 5.97 Å². The molecule has 266 valence electrons. The highest BCUT2D eigenvalue weighted by atomic mass is 127. The Bertz CT molecular complexity index is 2130. The van der Waals surface area contributed by atoms with Crippen LogP contribution in [-0.2, 0) is 25.5 Å². The topological polar surface area (TPSA) is 72.8 Å². The number of halogens is 1. The van der Waals surface area contributed by atoms with Crippen molar-refractivity contribution in [2.24, 2.45) is 5.16 Å². The van der Waals surface area contributed by atoms with Crippen molar-refractivity contribution < 1.29 is 14.4 Å². The molecule has 54 heavy (non-hydrogen) atoms. The van der Waals surface area contributed by atoms with Gasteiger partial charge in [0.2, 0.25) is 11.3 Å². The van der Waals surface area contributed by atoms with Crippen LogP contribution in [0.1, 0.15) is 39.1 Å². The van der Waals surface area contributed by atoms with E-state index in [1.54, 1.807) is 0 Å². The number of thiazole rings is 1. The van der Waals surface area contributed by atoms with Gasteiger partial charge in [-0.1, -0.05) is 211 Å². The molecule has 0 aliphatic heterocycles. The molecule has 0 radical (unpaired) electrons. The summed E-state index contributed by atoms with van der Waals surface area (Å²) < 4.78 is 6.36. The minimum Gasteiger partial charge on any atom is -0.457 e. The summed E-state index contributed by atoms with van der Waals surface area (Å²) in [5, 5.41) is 9.12. The molecule has 7 rings (SSSR count). The summed E-state index contributed by atoms with van der Waals surface area (Å²) in [5.41, 5.74) is 3.78. The summed E-state index contributed by atoms with van der Waals surface area (Å²) in [7, 11) is 0. The molecule has 0 saturated heterocycles. The van der Waals surface area contributed by atoms with Crippen LogP contribution < -0.4 is 5.32 Å². The van der Waals surface area contributed by atoms with Crippen molar-refractivity contribution in [2.75, 3.05) is 11.9 Å². The Balaban J connectivity index is 1.39. The van der Waals surface area contributed by atoms with E-state index in [-0.39, 0.29) is 12.3 Å². The van der Waals surface area contributed by atoms with E-state index >= 15 is 0 Å². The van der Waals surface area contributed by atoms with Crippen LogP contribution in [0.25, 0.3) is 0 Å². The second kappa shape index (κ2) is 16.9. The molecular weight excluding hydrogens is 801 g/mol. The molecule has 1 aromatic heterocycles. The van der Waals surface area contributed by atoms with Crippen LogP contribution in [0.2, 0.25) is 0 Å². The molecule has 8 heteroatoms. The van der Waals surface area contributed by atoms with Crippen LogP contribution in [0.3, 0.4) is 0 Å². The lowest BCUT2D eigenvalue weighted by Crippen LogP contribution is -2.38. The molecule has 0 aliphatic carbocycles. The molecule has 0 unspecified atom stereocenters. The Morgan fingerprint density at radius 3 is 1.39 bits per heavy atom. The first-order chi connectivity index (χ1) is 26.6. The standard InChI is InChI=1S/C46H36IN3O3S/c1-2-33-52-43(51)41(50-53-46(37-27-15-6-16-28-37,38-29-17-7-18-30-38)39-31-19-8-20-32-39)40-42(47)54-44(48-40)49-45(34-21-9-3-10-22-34,35-23-11-4-12-24-35)36-25-13-5-14-26-36/h2-32H,1,33H2,(H,48,49)/b50-41-. The number of rotatable bonds is 14. The quantitative estimate of drug-likeness (QED) is 0.0295. The molecule has 0 aliphatic rings. The van der Waals surface area contributed by atoms with Gasteiger partial charge in [0, 0.05) is 16.7 Å². The molecular formula is C46H36IN3O3S. The van der Waals surface area contributed by atoms with Gasteiger partial charge in [0.1, 0.15) is 17.8 Å². The number of carbonyl (C=O) groups is 1. The maximum Gasteiger partial charge on any atom is 0.363 e. The molecule has 6 nitrogen and oxygen atoms in total. The van der Waals surface area contributed by atoms with Crippen molar-refractivity contribution in [3.63, 3.8) is 0 Å². The van der Waals surface area contributed by atoms with Crippen molar-refractivity contribution in [1.29, 1.82) is 0 Å². The smallest absolute Gasteiger partial charge is 0.363 e. The fourth-order valence-corrected chi connectivity index (χ4v) is 8.36. The van der Waals surface area contributed by atoms with Gasteiger partial charge in [0.15, 0.2) is 5.13 Å². The zero-order chi connectivity index (χ0) is 37.2. The number of ether oxygens (including phenoxy) is 1. The molecule has 1 N–H and O–H groups in total. The number of hydrogen-bond acceptors (Lipinski definition) is 7. The van der Waals surface area contributed by atoms with Crippen LogP contribution in [-0.4, -0.2) is 23.3 Å². The normalized spacial score (nSPS) is 11.8. The van der Waals surface area contributed by atoms with Gasteiger partial charge in [-0.15, -0.1) is 0 Å². The van der Waals surface area contributed by atoms with E-state index in [0.717, 1.165) is 36.3 Å². The zero-order valence-electron chi connectivity index (χ0n) is 29.2. The third kappa shape index (κ3) is 7.35. The molecule has 7 aromatic rings. The van der Waals surface area contributed by atoms with Gasteiger partial charge in [0.25, 0.3) is 0 Å². The van der Waals surface area contributed by atoms with Crippen molar-refractivity contribution >= 4 is 50.7 Å². The number of oxime groups is 1. The second-order valence-electron chi connectivity index (χ2n) is 12.3. The van der Waals surface area contributed by atoms with Gasteiger partial charge in [-0.05, 0) is 39.3 Å². The van der Waals surface area contributed by atoms with Gasteiger partial charge < -0.3 is 14.9 Å². The summed E-state index contributed by atoms with van der Waals surface area (Å²) in [6.07, 6.45) is 1.52. The molecule has 0 amide bonds. The maximum absolute atomic E-state index is 14.0. The molecule has 0 spiro atoms. The summed E-state index contributed by atoms with van der Waals surface area (Å²) in [5.74, 6) is -0.687. The summed E-state index contributed by atoms with van der Waals surface area (Å²) in [4.78, 5) is 25.9. The van der Waals surface area contributed by atoms with E-state index in [1.165, 1.54) is 17.4 Å². The summed E-state index contributed by atoms with van der Waals surface area (Å²) >= 11 is 3.63. The monoisotopic (exact) mass is 837 g/mol. The minimum absolute atomic E-state index is 0.00991. The number of esters is 1. The maximum atomic E-state index is 14.0. The third-order valence-electron chi connectivity index (χ3n) is 9.07. The predicted octanol–water partition coefficient (Wildman–Crippen LogP) is 10.6. The first-order valence-corrected chi connectivity index (χ1v) is 19.3. The number of hydrogen-bond donors (Lipinski definition) is 1. The number of nitrogens with zero attached hydrogens (tertiary/aromatic N) is 2. The first kappa shape index (κ1) is 36.5. The number of nitrogens with one attached hydrogen (secondary N) is 1. The van der Waals surface area contributed by atoms with E-state index < -0.39 is 17.1 Å². The Kier molecular flexibility index (Phi) is 11.4. The SMILES string of the molecule is C=CCOC(=O)/C(=N\OC(c1ccccc1)(c1ccccc1)c1ccccc1)c1nc(NC(c2ccccc2)(c2ccccc2)c2ccccc2)sc1I. The van der Waals surface area contributed by atoms with Crippen LogP contribution in [0.4, 0.5) is 5.13 Å². The highest BCUT2D eigenvalue weighted by Crippen LogP contribution is 2.43. The van der Waals surface area contributed by atoms with E-state index in [1.807, 2.05) is 146 Å². The predicted molar refractivity (Wildman–Crippen MR) is 226 cm³/mol. The van der Waals surface area contributed by atoms with E-state index in [4.69, 9.17) is 19.7 Å². The van der Waals surface area contributed by atoms with Crippen molar-refractivity contribution in [3.05, 3.63) is 237 Å². The molecule has 1 heterocycles. The number of aromatic nitrogens is 1. The fourth-order valence-electron chi connectivity index (χ4n) is 6.61. The van der Waals surface area contributed by atoms with Crippen LogP contribution in [0.15, 0.2) is 200 Å². The highest BCUT2D eigenvalue weighted by molar-refractivity contribution is 14.1. The van der Waals surface area contributed by atoms with Crippen LogP contribution >= 0.6 is 33.9 Å². The lowest BCUT2D eigenvalue weighted by Gasteiger charge is -2.36. The van der Waals surface area contributed by atoms with E-state index in [2.05, 4.69) is 70.9 Å². The van der Waals surface area contributed by atoms with Crippen molar-refractivity contribution in [2.45, 2.75) is 11.1 Å². The average Bonchev–Trinajstić information content (AvgIpc) is 3.61. The zero-order valence-corrected chi connectivity index (χ0v) is 32.2. The third-order valence-corrected chi connectivity index (χ3v) is 11.0. The highest BCUT2D eigenvalue weighted by Gasteiger charge is 2.41. The summed E-state index contributed by atoms with van der Waals surface area (Å²) in [6.45, 7) is 3.73. The Morgan fingerprint density at radius 2 is 1.02 bits per heavy atom. The van der Waals surface area contributed by atoms with Crippen molar-refractivity contribution in [3.8, 4) is 0 Å². The van der Waals surface area contributed by atoms with Crippen molar-refractivity contribution in [1.82, 2.24) is 4.98 Å². The largest absolute Gasteiger partial charge is 0.457 e. The van der Waals surface area contributed by atoms with Gasteiger partial charge in [0.05, 0.1) is 2.88 Å². The summed E-state index contributed by atoms with van der Waals surface area (Å²) in [6, 6.07) is 60.5. The fraction of sp³-hybridized carbons (Fsp3) is 0.0652. The van der Waals surface area contributed by atoms with E-state index in [0.29, 0.717) is 10.8 Å². The number of benzene rings is 6. The van der Waals surface area contributed by atoms with Crippen LogP contribution in [0.5, 0.6) is 0 Å². The number of anilines is 1. The lowest BCUT2D eigenvalue weighted by atomic mass is 9.77. The Labute approximate surface area is 333 Å². The molecule has 0 fully saturated rings. The van der Waals surface area contributed by atoms with Gasteiger partial charge in [-0.3, -0.25) is 0 Å². The minimum atomic E-state index is -1.22. The Hall–Kier alpha value is -5.84. The molecule has 0 atom stereocenters. The van der Waals surface area contributed by atoms with Gasteiger partial charge in [-0.2, -0.15) is 0 Å². The van der Waals surface area contributed by atoms with Crippen LogP contribution in [0, 0.1) is 2.88 Å². The average molecular weight is 838 g/mol. The lowest BCUT2D eigenvalue weighted by molar-refractivity contribution is -0.134. The van der Waals surface area contributed by atoms with E-state index in [9.17, 15) is 4.79 Å². The second-order valence-corrected chi connectivity index (χ2v) is 15.1. The molecule has 0 saturated carbocycles. The first-order valence-electron chi connectivity index (χ1n) is 17.4. The molecule has 0 bridgehead atoms. The Morgan fingerprint density at radius 1 is 0.648 bits per heavy atom. The van der Waals surface area contributed by atoms with Gasteiger partial charge in [-0.25, -0.2) is 9.78 Å².